The number of hydrogen-bond donors (Lipinski definition) is 1. The van der Waals surface area contributed by atoms with Gasteiger partial charge in [0.15, 0.2) is 0 Å². The Bertz CT molecular complexity index is 347. The predicted molar refractivity (Wildman–Crippen MR) is 77.1 cm³/mol. The third-order valence-electron chi connectivity index (χ3n) is 3.22. The van der Waals surface area contributed by atoms with E-state index in [1.165, 1.54) is 12.0 Å². The Balaban J connectivity index is 2.65. The number of rotatable bonds is 8. The highest BCUT2D eigenvalue weighted by atomic mass is 15.5. The van der Waals surface area contributed by atoms with Crippen LogP contribution in [0.25, 0.3) is 0 Å². The minimum absolute atomic E-state index is 0.140. The molecule has 102 valence electrons. The quantitative estimate of drug-likeness (QED) is 0.403. The molecule has 18 heavy (non-hydrogen) atoms. The summed E-state index contributed by atoms with van der Waals surface area (Å²) in [4.78, 5) is 4.04. The maximum Gasteiger partial charge on any atom is 0.0999 e. The van der Waals surface area contributed by atoms with Crippen molar-refractivity contribution in [1.82, 2.24) is 14.8 Å². The molecule has 0 saturated heterocycles. The summed E-state index contributed by atoms with van der Waals surface area (Å²) < 4.78 is 0. The monoisotopic (exact) mass is 251 g/mol. The molecule has 0 bridgehead atoms. The third kappa shape index (κ3) is 3.32. The largest absolute Gasteiger partial charge is 0.352 e. The average molecular weight is 251 g/mol. The molecule has 0 aliphatic heterocycles. The van der Waals surface area contributed by atoms with E-state index in [2.05, 4.69) is 44.0 Å². The van der Waals surface area contributed by atoms with Crippen LogP contribution in [0.2, 0.25) is 0 Å². The van der Waals surface area contributed by atoms with Gasteiger partial charge >= 0.3 is 0 Å². The first-order chi connectivity index (χ1) is 8.45. The van der Waals surface area contributed by atoms with Crippen LogP contribution in [0.3, 0.4) is 0 Å². The van der Waals surface area contributed by atoms with Crippen LogP contribution in [0.4, 0.5) is 0 Å². The van der Waals surface area contributed by atoms with Crippen LogP contribution in [0, 0.1) is 5.41 Å². The Labute approximate surface area is 110 Å². The standard InChI is InChI=1S/C13H25N5/c1-6-7-15-18(9-8-16(3)4)12-10-13(12,2)17(5)11-14/h7,10-11,14H,6,8-9H2,1-5H3/b14-11?,15-7-/t13-/m0/s1. The molecule has 0 aromatic heterocycles. The van der Waals surface area contributed by atoms with Crippen molar-refractivity contribution in [3.05, 3.63) is 11.8 Å². The van der Waals surface area contributed by atoms with Crippen molar-refractivity contribution in [2.75, 3.05) is 34.2 Å². The summed E-state index contributed by atoms with van der Waals surface area (Å²) in [6, 6.07) is 0. The van der Waals surface area contributed by atoms with Crippen molar-refractivity contribution in [3.8, 4) is 0 Å². The molecule has 0 heterocycles. The van der Waals surface area contributed by atoms with Crippen LogP contribution in [0.1, 0.15) is 20.3 Å². The summed E-state index contributed by atoms with van der Waals surface area (Å²) in [5.41, 5.74) is 1.04. The van der Waals surface area contributed by atoms with Crippen LogP contribution in [0.5, 0.6) is 0 Å². The van der Waals surface area contributed by atoms with Crippen molar-refractivity contribution in [1.29, 1.82) is 5.41 Å². The number of hydrazone groups is 1. The van der Waals surface area contributed by atoms with Crippen LogP contribution in [0.15, 0.2) is 16.9 Å². The molecular weight excluding hydrogens is 226 g/mol. The first-order valence-corrected chi connectivity index (χ1v) is 6.37. The van der Waals surface area contributed by atoms with Gasteiger partial charge in [-0.2, -0.15) is 5.10 Å². The molecule has 0 fully saturated rings. The van der Waals surface area contributed by atoms with Crippen molar-refractivity contribution < 1.29 is 0 Å². The summed E-state index contributed by atoms with van der Waals surface area (Å²) >= 11 is 0. The zero-order valence-corrected chi connectivity index (χ0v) is 12.1. The molecule has 0 aromatic carbocycles. The Morgan fingerprint density at radius 1 is 1.33 bits per heavy atom. The Morgan fingerprint density at radius 2 is 2.00 bits per heavy atom. The van der Waals surface area contributed by atoms with Crippen molar-refractivity contribution in [2.45, 2.75) is 25.8 Å². The molecule has 5 heteroatoms. The van der Waals surface area contributed by atoms with Gasteiger partial charge in [-0.3, -0.25) is 10.4 Å². The smallest absolute Gasteiger partial charge is 0.0999 e. The van der Waals surface area contributed by atoms with Gasteiger partial charge in [0.1, 0.15) is 0 Å². The minimum Gasteiger partial charge on any atom is -0.352 e. The van der Waals surface area contributed by atoms with Crippen molar-refractivity contribution in [3.63, 3.8) is 0 Å². The zero-order valence-electron chi connectivity index (χ0n) is 12.1. The first kappa shape index (κ1) is 14.7. The highest BCUT2D eigenvalue weighted by molar-refractivity contribution is 5.61. The molecule has 1 atom stereocenters. The number of likely N-dealkylation sites (N-methyl/N-ethyl adjacent to an activating group) is 2. The van der Waals surface area contributed by atoms with E-state index in [1.807, 2.05) is 23.2 Å². The summed E-state index contributed by atoms with van der Waals surface area (Å²) in [7, 11) is 6.04. The van der Waals surface area contributed by atoms with Gasteiger partial charge in [-0.15, -0.1) is 0 Å². The van der Waals surface area contributed by atoms with Gasteiger partial charge < -0.3 is 9.80 Å². The predicted octanol–water partition coefficient (Wildman–Crippen LogP) is 1.44. The first-order valence-electron chi connectivity index (χ1n) is 6.37. The van der Waals surface area contributed by atoms with Crippen LogP contribution in [-0.2, 0) is 0 Å². The lowest BCUT2D eigenvalue weighted by atomic mass is 10.2. The van der Waals surface area contributed by atoms with E-state index in [4.69, 9.17) is 5.41 Å². The van der Waals surface area contributed by atoms with E-state index >= 15 is 0 Å². The van der Waals surface area contributed by atoms with Gasteiger partial charge in [0.2, 0.25) is 0 Å². The number of hydrogen-bond acceptors (Lipinski definition) is 4. The van der Waals surface area contributed by atoms with E-state index in [0.29, 0.717) is 0 Å². The lowest BCUT2D eigenvalue weighted by molar-refractivity contribution is 0.270. The normalized spacial score (nSPS) is 22.2. The maximum absolute atomic E-state index is 7.35. The molecule has 0 saturated carbocycles. The SMILES string of the molecule is CC/C=N\N(CCN(C)C)C1=C[C@]1(C)N(C)C=N. The van der Waals surface area contributed by atoms with Gasteiger partial charge in [0.05, 0.1) is 24.1 Å². The Kier molecular flexibility index (Phi) is 4.90. The summed E-state index contributed by atoms with van der Waals surface area (Å²) in [6.07, 6.45) is 6.38. The summed E-state index contributed by atoms with van der Waals surface area (Å²) in [5, 5.41) is 13.9. The van der Waals surface area contributed by atoms with Gasteiger partial charge in [-0.25, -0.2) is 0 Å². The van der Waals surface area contributed by atoms with E-state index in [9.17, 15) is 0 Å². The second-order valence-electron chi connectivity index (χ2n) is 5.05. The minimum atomic E-state index is -0.140. The molecular formula is C13H25N5. The third-order valence-corrected chi connectivity index (χ3v) is 3.22. The summed E-state index contributed by atoms with van der Waals surface area (Å²) in [6.45, 7) is 6.02. The lowest BCUT2D eigenvalue weighted by Crippen LogP contribution is -2.37. The molecule has 1 aliphatic carbocycles. The second kappa shape index (κ2) is 6.00. The van der Waals surface area contributed by atoms with Gasteiger partial charge in [0.25, 0.3) is 0 Å². The number of nitrogens with zero attached hydrogens (tertiary/aromatic N) is 4. The fourth-order valence-electron chi connectivity index (χ4n) is 1.70. The molecule has 1 rings (SSSR count). The second-order valence-corrected chi connectivity index (χ2v) is 5.05. The molecule has 0 radical (unpaired) electrons. The zero-order chi connectivity index (χ0) is 13.8. The molecule has 0 spiro atoms. The molecule has 0 amide bonds. The van der Waals surface area contributed by atoms with E-state index in [1.54, 1.807) is 0 Å². The van der Waals surface area contributed by atoms with Gasteiger partial charge in [-0.05, 0) is 33.5 Å². The maximum atomic E-state index is 7.35. The van der Waals surface area contributed by atoms with Crippen LogP contribution in [-0.4, -0.2) is 67.1 Å². The molecule has 1 N–H and O–H groups in total. The van der Waals surface area contributed by atoms with Crippen molar-refractivity contribution >= 4 is 12.6 Å². The Hall–Kier alpha value is -1.36. The Morgan fingerprint density at radius 3 is 2.50 bits per heavy atom. The molecule has 0 aromatic rings. The van der Waals surface area contributed by atoms with Gasteiger partial charge in [-0.1, -0.05) is 6.92 Å². The highest BCUT2D eigenvalue weighted by Gasteiger charge is 2.45. The van der Waals surface area contributed by atoms with Gasteiger partial charge in [0, 0.05) is 19.8 Å². The van der Waals surface area contributed by atoms with E-state index in [-0.39, 0.29) is 5.54 Å². The summed E-state index contributed by atoms with van der Waals surface area (Å²) in [5.74, 6) is 0. The molecule has 0 unspecified atom stereocenters. The average Bonchev–Trinajstić information content (AvgIpc) is 3.01. The van der Waals surface area contributed by atoms with E-state index < -0.39 is 0 Å². The van der Waals surface area contributed by atoms with Crippen LogP contribution < -0.4 is 0 Å². The molecule has 1 aliphatic rings. The lowest BCUT2D eigenvalue weighted by Gasteiger charge is -2.28. The van der Waals surface area contributed by atoms with Crippen molar-refractivity contribution in [2.24, 2.45) is 5.10 Å². The fourth-order valence-corrected chi connectivity index (χ4v) is 1.70. The number of nitrogens with one attached hydrogen (secondary N) is 1. The topological polar surface area (TPSA) is 45.9 Å². The molecule has 5 nitrogen and oxygen atoms in total. The highest BCUT2D eigenvalue weighted by Crippen LogP contribution is 2.40. The van der Waals surface area contributed by atoms with E-state index in [0.717, 1.165) is 19.5 Å². The van der Waals surface area contributed by atoms with Crippen LogP contribution >= 0.6 is 0 Å². The fraction of sp³-hybridized carbons (Fsp3) is 0.692.